The van der Waals surface area contributed by atoms with Crippen molar-refractivity contribution in [2.45, 2.75) is 17.8 Å². The zero-order valence-corrected chi connectivity index (χ0v) is 21.8. The van der Waals surface area contributed by atoms with E-state index in [0.717, 1.165) is 0 Å². The zero-order chi connectivity index (χ0) is 26.3. The molecule has 0 nitrogen and oxygen atoms in total. The molecular formula is C29H14Br2F6. The average molecular weight is 636 g/mol. The van der Waals surface area contributed by atoms with Gasteiger partial charge in [-0.3, -0.25) is 0 Å². The predicted molar refractivity (Wildman–Crippen MR) is 140 cm³/mol. The van der Waals surface area contributed by atoms with E-state index in [9.17, 15) is 8.78 Å². The minimum absolute atomic E-state index is 0.161. The van der Waals surface area contributed by atoms with Gasteiger partial charge in [0.05, 0.1) is 0 Å². The minimum Gasteiger partial charge on any atom is -0.194 e. The second-order valence-corrected chi connectivity index (χ2v) is 10.7. The molecule has 0 radical (unpaired) electrons. The first-order chi connectivity index (χ1) is 17.5. The highest BCUT2D eigenvalue weighted by Gasteiger charge is 2.80. The molecule has 1 aliphatic carbocycles. The van der Waals surface area contributed by atoms with Crippen molar-refractivity contribution in [3.63, 3.8) is 0 Å². The second-order valence-electron chi connectivity index (χ2n) is 8.96. The zero-order valence-electron chi connectivity index (χ0n) is 18.6. The van der Waals surface area contributed by atoms with E-state index < -0.39 is 28.9 Å². The van der Waals surface area contributed by atoms with Crippen LogP contribution in [-0.4, -0.2) is 5.92 Å². The lowest BCUT2D eigenvalue weighted by molar-refractivity contribution is -0.301. The van der Waals surface area contributed by atoms with Crippen LogP contribution < -0.4 is 0 Å². The van der Waals surface area contributed by atoms with Gasteiger partial charge in [-0.2, -0.15) is 26.3 Å². The highest BCUT2D eigenvalue weighted by molar-refractivity contribution is 9.11. The van der Waals surface area contributed by atoms with Crippen LogP contribution in [0.3, 0.4) is 0 Å². The number of rotatable bonds is 2. The fourth-order valence-corrected chi connectivity index (χ4v) is 6.26. The normalized spacial score (nSPS) is 17.3. The molecule has 0 spiro atoms. The van der Waals surface area contributed by atoms with Crippen LogP contribution in [0.15, 0.2) is 93.9 Å². The summed E-state index contributed by atoms with van der Waals surface area (Å²) in [5, 5.41) is -0.362. The Kier molecular flexibility index (Phi) is 5.35. The Bertz CT molecular complexity index is 1590. The Morgan fingerprint density at radius 3 is 1.16 bits per heavy atom. The fraction of sp³-hybridized carbons (Fsp3) is 0.103. The molecule has 5 aromatic rings. The minimum atomic E-state index is -5.61. The molecule has 0 heterocycles. The molecule has 0 amide bonds. The van der Waals surface area contributed by atoms with Crippen LogP contribution in [0.5, 0.6) is 0 Å². The van der Waals surface area contributed by atoms with Gasteiger partial charge in [0.25, 0.3) is 0 Å². The van der Waals surface area contributed by atoms with E-state index in [4.69, 9.17) is 0 Å². The Labute approximate surface area is 224 Å². The maximum Gasteiger partial charge on any atom is 0.380 e. The van der Waals surface area contributed by atoms with Crippen LogP contribution in [0, 0.1) is 0 Å². The summed E-state index contributed by atoms with van der Waals surface area (Å²) >= 11 is 6.94. The van der Waals surface area contributed by atoms with Gasteiger partial charge in [-0.1, -0.05) is 92.5 Å². The first kappa shape index (κ1) is 24.5. The van der Waals surface area contributed by atoms with E-state index in [0.29, 0.717) is 31.2 Å². The lowest BCUT2D eigenvalue weighted by atomic mass is 9.88. The number of benzene rings is 5. The van der Waals surface area contributed by atoms with Crippen LogP contribution in [0.4, 0.5) is 26.3 Å². The summed E-state index contributed by atoms with van der Waals surface area (Å²) in [4.78, 5) is 0. The summed E-state index contributed by atoms with van der Waals surface area (Å²) in [6.07, 6.45) is 0. The highest BCUT2D eigenvalue weighted by atomic mass is 79.9. The molecule has 0 aromatic heterocycles. The van der Waals surface area contributed by atoms with Gasteiger partial charge in [-0.25, -0.2) is 0 Å². The Morgan fingerprint density at radius 1 is 0.459 bits per heavy atom. The molecule has 5 aromatic carbocycles. The molecule has 0 bridgehead atoms. The first-order valence-corrected chi connectivity index (χ1v) is 12.7. The third-order valence-corrected chi connectivity index (χ3v) is 8.19. The van der Waals surface area contributed by atoms with E-state index in [2.05, 4.69) is 31.9 Å². The SMILES string of the molecule is FC1(F)c2c(c3cc(-c4ccccc4)c(Br)cc3c3cc(Br)c(-c4ccccc4)cc23)C(F)(F)C1(F)F. The maximum absolute atomic E-state index is 15.4. The molecule has 0 atom stereocenters. The van der Waals surface area contributed by atoms with Gasteiger partial charge in [0.15, 0.2) is 0 Å². The number of halogens is 8. The Hall–Kier alpha value is -2.84. The molecular weight excluding hydrogens is 622 g/mol. The van der Waals surface area contributed by atoms with Crippen molar-refractivity contribution in [3.05, 3.63) is 105 Å². The fourth-order valence-electron chi connectivity index (χ4n) is 5.12. The molecule has 8 heteroatoms. The van der Waals surface area contributed by atoms with Crippen LogP contribution in [0.25, 0.3) is 43.8 Å². The largest absolute Gasteiger partial charge is 0.380 e. The van der Waals surface area contributed by atoms with Crippen molar-refractivity contribution in [3.8, 4) is 22.3 Å². The standard InChI is InChI=1S/C29H14Br2F6/c30-23-13-19-20-14-24(31)18(16-9-5-2-6-10-16)12-22(20)26-25(27(32,33)29(36,37)28(26,34)35)21(19)11-17(23)15-7-3-1-4-8-15/h1-14H. The van der Waals surface area contributed by atoms with E-state index in [1.165, 1.54) is 24.3 Å². The van der Waals surface area contributed by atoms with E-state index in [1.54, 1.807) is 60.7 Å². The van der Waals surface area contributed by atoms with Gasteiger partial charge in [0.1, 0.15) is 0 Å². The molecule has 0 aliphatic heterocycles. The molecule has 186 valence electrons. The summed E-state index contributed by atoms with van der Waals surface area (Å²) in [5.74, 6) is -15.8. The molecule has 0 N–H and O–H groups in total. The molecule has 0 saturated carbocycles. The Morgan fingerprint density at radius 2 is 0.811 bits per heavy atom. The van der Waals surface area contributed by atoms with Crippen molar-refractivity contribution < 1.29 is 26.3 Å². The maximum atomic E-state index is 15.4. The number of alkyl halides is 6. The summed E-state index contributed by atoms with van der Waals surface area (Å²) in [7, 11) is 0. The van der Waals surface area contributed by atoms with Crippen LogP contribution in [0.1, 0.15) is 11.1 Å². The number of hydrogen-bond acceptors (Lipinski definition) is 0. The molecule has 37 heavy (non-hydrogen) atoms. The predicted octanol–water partition coefficient (Wildman–Crippen LogP) is 10.7. The van der Waals surface area contributed by atoms with Crippen LogP contribution >= 0.6 is 31.9 Å². The van der Waals surface area contributed by atoms with Crippen molar-refractivity contribution in [1.82, 2.24) is 0 Å². The van der Waals surface area contributed by atoms with Crippen molar-refractivity contribution in [2.24, 2.45) is 0 Å². The molecule has 1 aliphatic rings. The van der Waals surface area contributed by atoms with E-state index >= 15 is 17.6 Å². The van der Waals surface area contributed by atoms with Crippen molar-refractivity contribution >= 4 is 53.4 Å². The van der Waals surface area contributed by atoms with Gasteiger partial charge in [0, 0.05) is 20.1 Å². The molecule has 6 rings (SSSR count). The third-order valence-electron chi connectivity index (χ3n) is 6.88. The summed E-state index contributed by atoms with van der Waals surface area (Å²) in [5.41, 5.74) is -0.601. The van der Waals surface area contributed by atoms with Gasteiger partial charge in [-0.15, -0.1) is 0 Å². The monoisotopic (exact) mass is 634 g/mol. The number of hydrogen-bond donors (Lipinski definition) is 0. The van der Waals surface area contributed by atoms with Gasteiger partial charge in [0.2, 0.25) is 0 Å². The summed E-state index contributed by atoms with van der Waals surface area (Å²) in [6.45, 7) is 0. The first-order valence-electron chi connectivity index (χ1n) is 11.1. The summed E-state index contributed by atoms with van der Waals surface area (Å²) < 4.78 is 92.1. The van der Waals surface area contributed by atoms with Gasteiger partial charge in [-0.05, 0) is 68.1 Å². The molecule has 0 saturated heterocycles. The van der Waals surface area contributed by atoms with Gasteiger partial charge >= 0.3 is 17.8 Å². The van der Waals surface area contributed by atoms with E-state index in [-0.39, 0.29) is 21.5 Å². The third kappa shape index (κ3) is 3.27. The summed E-state index contributed by atoms with van der Waals surface area (Å²) in [6, 6.07) is 23.0. The van der Waals surface area contributed by atoms with Crippen LogP contribution in [0.2, 0.25) is 0 Å². The smallest absolute Gasteiger partial charge is 0.194 e. The van der Waals surface area contributed by atoms with Gasteiger partial charge < -0.3 is 0 Å². The average Bonchev–Trinajstić information content (AvgIpc) is 2.98. The quantitative estimate of drug-likeness (QED) is 0.134. The topological polar surface area (TPSA) is 0 Å². The molecule has 0 unspecified atom stereocenters. The van der Waals surface area contributed by atoms with Crippen molar-refractivity contribution in [2.75, 3.05) is 0 Å². The van der Waals surface area contributed by atoms with Crippen molar-refractivity contribution in [1.29, 1.82) is 0 Å². The number of fused-ring (bicyclic) bond motifs is 6. The molecule has 0 fully saturated rings. The lowest BCUT2D eigenvalue weighted by Gasteiger charge is -2.23. The van der Waals surface area contributed by atoms with Crippen LogP contribution in [-0.2, 0) is 11.8 Å². The lowest BCUT2D eigenvalue weighted by Crippen LogP contribution is -2.43. The Balaban J connectivity index is 1.83. The highest BCUT2D eigenvalue weighted by Crippen LogP contribution is 2.66. The van der Waals surface area contributed by atoms with E-state index in [1.807, 2.05) is 0 Å². The second kappa shape index (κ2) is 8.08.